The van der Waals surface area contributed by atoms with E-state index in [-0.39, 0.29) is 41.7 Å². The number of carbonyl (C=O) groups is 3. The third-order valence-corrected chi connectivity index (χ3v) is 7.69. The van der Waals surface area contributed by atoms with Crippen molar-refractivity contribution in [3.05, 3.63) is 54.4 Å². The predicted molar refractivity (Wildman–Crippen MR) is 147 cm³/mol. The molecule has 0 aliphatic carbocycles. The van der Waals surface area contributed by atoms with Crippen LogP contribution in [0.3, 0.4) is 0 Å². The molecule has 218 valence electrons. The maximum atomic E-state index is 13.6. The van der Waals surface area contributed by atoms with Gasteiger partial charge in [0, 0.05) is 25.1 Å². The number of para-hydroxylation sites is 1. The van der Waals surface area contributed by atoms with Gasteiger partial charge in [-0.2, -0.15) is 13.2 Å². The van der Waals surface area contributed by atoms with Crippen molar-refractivity contribution < 1.29 is 37.4 Å². The highest BCUT2D eigenvalue weighted by molar-refractivity contribution is 7.22. The van der Waals surface area contributed by atoms with E-state index in [2.05, 4.69) is 25.6 Å². The number of benzene rings is 2. The molecule has 2 aromatic heterocycles. The number of thiazole rings is 1. The molecule has 0 radical (unpaired) electrons. The first kappa shape index (κ1) is 28.7. The van der Waals surface area contributed by atoms with Crippen molar-refractivity contribution in [3.8, 4) is 22.9 Å². The molecule has 3 heterocycles. The van der Waals surface area contributed by atoms with Gasteiger partial charge in [0.05, 0.1) is 21.6 Å². The maximum absolute atomic E-state index is 13.6. The van der Waals surface area contributed by atoms with E-state index in [4.69, 9.17) is 4.74 Å². The molecule has 11 nitrogen and oxygen atoms in total. The zero-order chi connectivity index (χ0) is 30.2. The number of amides is 3. The van der Waals surface area contributed by atoms with Crippen molar-refractivity contribution in [2.45, 2.75) is 38.4 Å². The van der Waals surface area contributed by atoms with Gasteiger partial charge in [0.15, 0.2) is 10.9 Å². The Hall–Kier alpha value is -4.79. The minimum Gasteiger partial charge on any atom is -0.465 e. The average Bonchev–Trinajstić information content (AvgIpc) is 3.52. The highest BCUT2D eigenvalue weighted by Crippen LogP contribution is 2.39. The van der Waals surface area contributed by atoms with E-state index in [0.717, 1.165) is 34.1 Å². The molecule has 15 heteroatoms. The summed E-state index contributed by atoms with van der Waals surface area (Å²) in [6, 6.07) is 9.35. The fraction of sp³-hybridized carbons (Fsp3) is 0.259. The van der Waals surface area contributed by atoms with Gasteiger partial charge in [-0.15, -0.1) is 0 Å². The Morgan fingerprint density at radius 2 is 1.90 bits per heavy atom. The van der Waals surface area contributed by atoms with E-state index >= 15 is 0 Å². The second kappa shape index (κ2) is 10.9. The van der Waals surface area contributed by atoms with Crippen LogP contribution in [0, 0.1) is 0 Å². The minimum atomic E-state index is -4.70. The molecule has 1 aliphatic heterocycles. The largest absolute Gasteiger partial charge is 0.465 e. The molecule has 5 rings (SSSR count). The van der Waals surface area contributed by atoms with Gasteiger partial charge >= 0.3 is 12.3 Å². The Labute approximate surface area is 240 Å². The average molecular weight is 601 g/mol. The van der Waals surface area contributed by atoms with Crippen LogP contribution in [-0.4, -0.2) is 54.9 Å². The molecule has 4 aromatic rings. The van der Waals surface area contributed by atoms with E-state index < -0.39 is 29.3 Å². The number of halogens is 3. The van der Waals surface area contributed by atoms with Gasteiger partial charge in [-0.1, -0.05) is 23.5 Å². The number of likely N-dealkylation sites (tertiary alicyclic amines) is 1. The van der Waals surface area contributed by atoms with Gasteiger partial charge in [0.1, 0.15) is 17.4 Å². The zero-order valence-electron chi connectivity index (χ0n) is 22.2. The molecule has 1 aliphatic rings. The van der Waals surface area contributed by atoms with Crippen LogP contribution in [0.1, 0.15) is 32.3 Å². The number of fused-ring (bicyclic) bond motifs is 1. The number of hydrogen-bond acceptors (Lipinski definition) is 8. The fourth-order valence-electron chi connectivity index (χ4n) is 4.68. The molecule has 42 heavy (non-hydrogen) atoms. The number of ether oxygens (including phenoxy) is 1. The van der Waals surface area contributed by atoms with E-state index in [9.17, 15) is 32.7 Å². The summed E-state index contributed by atoms with van der Waals surface area (Å²) in [6.45, 7) is 2.92. The van der Waals surface area contributed by atoms with E-state index in [0.29, 0.717) is 22.8 Å². The highest BCUT2D eigenvalue weighted by atomic mass is 32.1. The van der Waals surface area contributed by atoms with Gasteiger partial charge in [0.25, 0.3) is 0 Å². The SMILES string of the molecule is CC(=O)Nc1nc2c(Oc3cc(-c4ccc(C(F)(F)F)cc4NC(=O)C4(C)CCCN4C(=O)O)ncn3)cccc2s1. The second-order valence-electron chi connectivity index (χ2n) is 9.67. The number of anilines is 2. The lowest BCUT2D eigenvalue weighted by atomic mass is 9.97. The molecule has 3 N–H and O–H groups in total. The van der Waals surface area contributed by atoms with Gasteiger partial charge in [-0.05, 0) is 44.0 Å². The molecule has 2 aromatic carbocycles. The van der Waals surface area contributed by atoms with Gasteiger partial charge < -0.3 is 20.5 Å². The molecule has 0 saturated carbocycles. The summed E-state index contributed by atoms with van der Waals surface area (Å²) < 4.78 is 47.5. The summed E-state index contributed by atoms with van der Waals surface area (Å²) in [7, 11) is 0. The van der Waals surface area contributed by atoms with Crippen LogP contribution in [0.2, 0.25) is 0 Å². The molecule has 1 fully saturated rings. The van der Waals surface area contributed by atoms with E-state index in [1.54, 1.807) is 18.2 Å². The number of carbonyl (C=O) groups excluding carboxylic acids is 2. The lowest BCUT2D eigenvalue weighted by molar-refractivity contribution is -0.137. The Morgan fingerprint density at radius 3 is 2.62 bits per heavy atom. The maximum Gasteiger partial charge on any atom is 0.416 e. The molecular weight excluding hydrogens is 577 g/mol. The smallest absolute Gasteiger partial charge is 0.416 e. The third-order valence-electron chi connectivity index (χ3n) is 6.75. The summed E-state index contributed by atoms with van der Waals surface area (Å²) in [5.41, 5.74) is -1.96. The number of nitrogens with zero attached hydrogens (tertiary/aromatic N) is 4. The number of hydrogen-bond donors (Lipinski definition) is 3. The molecular formula is C27H23F3N6O5S. The standard InChI is InChI=1S/C27H23F3N6O5S/c1-14(37)33-24-35-22-19(5-3-6-20(22)42-24)41-21-12-17(31-13-32-21)16-8-7-15(27(28,29)30)11-18(16)34-23(38)26(2)9-4-10-36(26)25(39)40/h3,5-8,11-13H,4,9-10H2,1-2H3,(H,34,38)(H,39,40)(H,33,35,37). The van der Waals surface area contributed by atoms with Gasteiger partial charge in [0.2, 0.25) is 17.7 Å². The first-order valence-corrected chi connectivity index (χ1v) is 13.4. The number of nitrogens with one attached hydrogen (secondary N) is 2. The summed E-state index contributed by atoms with van der Waals surface area (Å²) in [6.07, 6.45) is -4.22. The molecule has 0 bridgehead atoms. The zero-order valence-corrected chi connectivity index (χ0v) is 23.0. The van der Waals surface area contributed by atoms with Crippen molar-refractivity contribution in [2.24, 2.45) is 0 Å². The monoisotopic (exact) mass is 600 g/mol. The Morgan fingerprint density at radius 1 is 1.12 bits per heavy atom. The first-order chi connectivity index (χ1) is 19.8. The van der Waals surface area contributed by atoms with E-state index in [1.165, 1.54) is 31.3 Å². The Bertz CT molecular complexity index is 1710. The summed E-state index contributed by atoms with van der Waals surface area (Å²) in [5.74, 6) is -0.694. The fourth-order valence-corrected chi connectivity index (χ4v) is 5.60. The molecule has 1 saturated heterocycles. The van der Waals surface area contributed by atoms with Crippen LogP contribution in [-0.2, 0) is 15.8 Å². The normalized spacial score (nSPS) is 16.8. The number of aromatic nitrogens is 3. The Balaban J connectivity index is 1.50. The molecule has 1 unspecified atom stereocenters. The van der Waals surface area contributed by atoms with Crippen molar-refractivity contribution in [1.29, 1.82) is 0 Å². The third kappa shape index (κ3) is 5.68. The van der Waals surface area contributed by atoms with Crippen molar-refractivity contribution in [3.63, 3.8) is 0 Å². The summed E-state index contributed by atoms with van der Waals surface area (Å²) in [4.78, 5) is 50.1. The van der Waals surface area contributed by atoms with Crippen LogP contribution >= 0.6 is 11.3 Å². The van der Waals surface area contributed by atoms with Crippen LogP contribution in [0.25, 0.3) is 21.5 Å². The molecule has 3 amide bonds. The van der Waals surface area contributed by atoms with Gasteiger partial charge in [-0.3, -0.25) is 14.5 Å². The number of rotatable bonds is 6. The molecule has 0 spiro atoms. The predicted octanol–water partition coefficient (Wildman–Crippen LogP) is 5.99. The Kier molecular flexibility index (Phi) is 7.45. The minimum absolute atomic E-state index is 0.0403. The highest BCUT2D eigenvalue weighted by Gasteiger charge is 2.46. The summed E-state index contributed by atoms with van der Waals surface area (Å²) >= 11 is 1.25. The number of carboxylic acid groups (broad SMARTS) is 1. The van der Waals surface area contributed by atoms with Crippen molar-refractivity contribution in [1.82, 2.24) is 19.9 Å². The summed E-state index contributed by atoms with van der Waals surface area (Å²) in [5, 5.41) is 15.1. The lowest BCUT2D eigenvalue weighted by Crippen LogP contribution is -2.52. The first-order valence-electron chi connectivity index (χ1n) is 12.6. The van der Waals surface area contributed by atoms with Crippen LogP contribution in [0.5, 0.6) is 11.6 Å². The van der Waals surface area contributed by atoms with Crippen LogP contribution in [0.15, 0.2) is 48.8 Å². The lowest BCUT2D eigenvalue weighted by Gasteiger charge is -2.32. The topological polar surface area (TPSA) is 147 Å². The van der Waals surface area contributed by atoms with E-state index in [1.807, 2.05) is 0 Å². The van der Waals surface area contributed by atoms with Crippen molar-refractivity contribution in [2.75, 3.05) is 17.2 Å². The van der Waals surface area contributed by atoms with Crippen LogP contribution < -0.4 is 15.4 Å². The molecule has 1 atom stereocenters. The van der Waals surface area contributed by atoms with Gasteiger partial charge in [-0.25, -0.2) is 19.7 Å². The van der Waals surface area contributed by atoms with Crippen LogP contribution in [0.4, 0.5) is 28.8 Å². The quantitative estimate of drug-likeness (QED) is 0.244. The second-order valence-corrected chi connectivity index (χ2v) is 10.7. The number of alkyl halides is 3. The van der Waals surface area contributed by atoms with Crippen molar-refractivity contribution >= 4 is 50.3 Å².